The highest BCUT2D eigenvalue weighted by atomic mass is 31.2. The van der Waals surface area contributed by atoms with E-state index in [1.165, 1.54) is 0 Å². The first-order valence-corrected chi connectivity index (χ1v) is 12.6. The third kappa shape index (κ3) is 8.92. The van der Waals surface area contributed by atoms with E-state index in [-0.39, 0.29) is 25.0 Å². The predicted molar refractivity (Wildman–Crippen MR) is 113 cm³/mol. The Labute approximate surface area is 185 Å². The summed E-state index contributed by atoms with van der Waals surface area (Å²) < 4.78 is 55.6. The van der Waals surface area contributed by atoms with Crippen LogP contribution in [0.25, 0.3) is 0 Å². The smallest absolute Gasteiger partial charge is 0.405 e. The number of carbonyl (C=O) groups is 2. The predicted octanol–water partition coefficient (Wildman–Crippen LogP) is 3.00. The zero-order valence-electron chi connectivity index (χ0n) is 17.7. The Kier molecular flexibility index (Phi) is 9.73. The number of amides is 1. The number of aliphatic hydroxyl groups is 1. The number of hydrogen-bond donors (Lipinski definition) is 3. The van der Waals surface area contributed by atoms with E-state index in [0.717, 1.165) is 24.8 Å². The fourth-order valence-electron chi connectivity index (χ4n) is 3.81. The largest absolute Gasteiger partial charge is 0.491 e. The molecule has 32 heavy (non-hydrogen) atoms. The molecule has 180 valence electrons. The van der Waals surface area contributed by atoms with E-state index in [1.807, 2.05) is 6.07 Å². The van der Waals surface area contributed by atoms with E-state index in [1.54, 1.807) is 24.3 Å². The molecule has 0 aliphatic heterocycles. The van der Waals surface area contributed by atoms with E-state index in [2.05, 4.69) is 9.84 Å². The third-order valence-electron chi connectivity index (χ3n) is 5.38. The van der Waals surface area contributed by atoms with E-state index < -0.39 is 43.7 Å². The third-order valence-corrected chi connectivity index (χ3v) is 7.93. The van der Waals surface area contributed by atoms with Gasteiger partial charge in [-0.05, 0) is 30.7 Å². The number of benzene rings is 1. The number of nitrogens with one attached hydrogen (secondary N) is 1. The number of rotatable bonds is 10. The van der Waals surface area contributed by atoms with Crippen molar-refractivity contribution in [1.82, 2.24) is 5.32 Å². The Morgan fingerprint density at radius 2 is 1.81 bits per heavy atom. The fraction of sp³-hybridized carbons (Fsp3) is 0.619. The molecule has 1 aliphatic carbocycles. The molecule has 1 fully saturated rings. The van der Waals surface area contributed by atoms with Crippen LogP contribution in [0.1, 0.15) is 37.7 Å². The lowest BCUT2D eigenvalue weighted by atomic mass is 9.91. The van der Waals surface area contributed by atoms with Crippen molar-refractivity contribution >= 4 is 19.2 Å². The van der Waals surface area contributed by atoms with Crippen molar-refractivity contribution < 1.29 is 37.0 Å². The zero-order chi connectivity index (χ0) is 23.8. The van der Waals surface area contributed by atoms with Crippen LogP contribution in [0, 0.1) is 5.92 Å². The molecule has 0 bridgehead atoms. The average molecular weight is 478 g/mol. The Morgan fingerprint density at radius 1 is 1.19 bits per heavy atom. The van der Waals surface area contributed by atoms with Crippen molar-refractivity contribution in [3.05, 3.63) is 35.9 Å². The Bertz CT molecular complexity index is 800. The first-order chi connectivity index (χ1) is 15.0. The molecule has 1 unspecified atom stereocenters. The molecule has 1 amide bonds. The van der Waals surface area contributed by atoms with Crippen molar-refractivity contribution in [3.63, 3.8) is 0 Å². The number of aliphatic hydroxyl groups excluding tert-OH is 1. The summed E-state index contributed by atoms with van der Waals surface area (Å²) in [7, 11) is -4.14. The molecule has 1 aromatic rings. The number of hydrogen-bond acceptors (Lipinski definition) is 6. The Balaban J connectivity index is 1.94. The maximum Gasteiger partial charge on any atom is 0.491 e. The second kappa shape index (κ2) is 11.8. The van der Waals surface area contributed by atoms with Crippen molar-refractivity contribution in [2.24, 2.45) is 11.7 Å². The minimum Gasteiger partial charge on any atom is -0.405 e. The first-order valence-electron chi connectivity index (χ1n) is 10.6. The highest BCUT2D eigenvalue weighted by molar-refractivity contribution is 7.59. The first kappa shape index (κ1) is 26.4. The van der Waals surface area contributed by atoms with Gasteiger partial charge in [-0.1, -0.05) is 49.6 Å². The highest BCUT2D eigenvalue weighted by Gasteiger charge is 2.46. The van der Waals surface area contributed by atoms with Crippen LogP contribution >= 0.6 is 7.37 Å². The van der Waals surface area contributed by atoms with Crippen molar-refractivity contribution in [1.29, 1.82) is 0 Å². The van der Waals surface area contributed by atoms with E-state index >= 15 is 0 Å². The topological polar surface area (TPSA) is 119 Å². The Morgan fingerprint density at radius 3 is 2.41 bits per heavy atom. The summed E-state index contributed by atoms with van der Waals surface area (Å²) >= 11 is 0. The molecule has 0 radical (unpaired) electrons. The molecule has 2 rings (SSSR count). The number of carbonyl (C=O) groups excluding carboxylic acids is 2. The zero-order valence-corrected chi connectivity index (χ0v) is 18.6. The SMILES string of the molecule is N[C@@H](Cc1ccccc1)C(=O)NC[C@H](O)CP(=O)(CC1CCCCC1)OC(=O)C(F)(F)F. The van der Waals surface area contributed by atoms with Gasteiger partial charge in [0.15, 0.2) is 0 Å². The van der Waals surface area contributed by atoms with Crippen LogP contribution in [-0.4, -0.2) is 54.2 Å². The average Bonchev–Trinajstić information content (AvgIpc) is 2.72. The number of nitrogens with two attached hydrogens (primary N) is 1. The van der Waals surface area contributed by atoms with Crippen LogP contribution in [0.4, 0.5) is 13.2 Å². The van der Waals surface area contributed by atoms with Crippen LogP contribution in [-0.2, 0) is 25.1 Å². The summed E-state index contributed by atoms with van der Waals surface area (Å²) in [6.07, 6.45) is -3.32. The van der Waals surface area contributed by atoms with Gasteiger partial charge in [0.05, 0.1) is 18.3 Å². The molecule has 1 aromatic carbocycles. The quantitative estimate of drug-likeness (QED) is 0.445. The van der Waals surface area contributed by atoms with Crippen LogP contribution in [0.3, 0.4) is 0 Å². The highest BCUT2D eigenvalue weighted by Crippen LogP contribution is 2.52. The molecule has 11 heteroatoms. The lowest BCUT2D eigenvalue weighted by molar-refractivity contribution is -0.189. The summed E-state index contributed by atoms with van der Waals surface area (Å²) in [5.41, 5.74) is 6.70. The molecular weight excluding hydrogens is 448 g/mol. The normalized spacial score (nSPS) is 18.9. The van der Waals surface area contributed by atoms with Gasteiger partial charge in [0, 0.05) is 12.7 Å². The maximum absolute atomic E-state index is 13.1. The van der Waals surface area contributed by atoms with Gasteiger partial charge < -0.3 is 20.7 Å². The van der Waals surface area contributed by atoms with Gasteiger partial charge in [0.2, 0.25) is 5.91 Å². The molecule has 3 atom stereocenters. The Hall–Kier alpha value is -1.90. The second-order valence-electron chi connectivity index (χ2n) is 8.26. The summed E-state index contributed by atoms with van der Waals surface area (Å²) in [4.78, 5) is 23.5. The molecule has 0 saturated heterocycles. The molecule has 1 aliphatic rings. The van der Waals surface area contributed by atoms with Crippen LogP contribution < -0.4 is 11.1 Å². The second-order valence-corrected chi connectivity index (χ2v) is 10.8. The summed E-state index contributed by atoms with van der Waals surface area (Å²) in [5, 5.41) is 12.7. The van der Waals surface area contributed by atoms with Crippen molar-refractivity contribution in [3.8, 4) is 0 Å². The van der Waals surface area contributed by atoms with Gasteiger partial charge in [-0.2, -0.15) is 13.2 Å². The molecule has 1 saturated carbocycles. The monoisotopic (exact) mass is 478 g/mol. The lowest BCUT2D eigenvalue weighted by Crippen LogP contribution is -2.45. The van der Waals surface area contributed by atoms with Crippen molar-refractivity contribution in [2.45, 2.75) is 56.8 Å². The molecule has 0 spiro atoms. The number of alkyl halides is 3. The van der Waals surface area contributed by atoms with E-state index in [9.17, 15) is 32.4 Å². The summed E-state index contributed by atoms with van der Waals surface area (Å²) in [5.74, 6) is -3.24. The van der Waals surface area contributed by atoms with E-state index in [4.69, 9.17) is 5.73 Å². The minimum atomic E-state index is -5.29. The molecule has 4 N–H and O–H groups in total. The molecule has 0 aromatic heterocycles. The van der Waals surface area contributed by atoms with Gasteiger partial charge in [0.1, 0.15) is 0 Å². The summed E-state index contributed by atoms with van der Waals surface area (Å²) in [6.45, 7) is -0.375. The summed E-state index contributed by atoms with van der Waals surface area (Å²) in [6, 6.07) is 8.13. The standard InChI is InChI=1S/C21H30F3N2O5P/c22-21(23,24)20(29)31-32(30,13-16-9-5-2-6-10-16)14-17(27)12-26-19(28)18(25)11-15-7-3-1-4-8-15/h1,3-4,7-8,16-18,27H,2,5-6,9-14,25H2,(H,26,28)/t17-,18-,32?/m0/s1. The van der Waals surface area contributed by atoms with Gasteiger partial charge in [-0.15, -0.1) is 0 Å². The molecule has 0 heterocycles. The van der Waals surface area contributed by atoms with Crippen molar-refractivity contribution in [2.75, 3.05) is 18.9 Å². The minimum absolute atomic E-state index is 0.142. The van der Waals surface area contributed by atoms with Crippen LogP contribution in [0.2, 0.25) is 0 Å². The van der Waals surface area contributed by atoms with Gasteiger partial charge in [-0.3, -0.25) is 9.36 Å². The maximum atomic E-state index is 13.1. The fourth-order valence-corrected chi connectivity index (χ4v) is 6.44. The van der Waals surface area contributed by atoms with Gasteiger partial charge in [0.25, 0.3) is 7.37 Å². The van der Waals surface area contributed by atoms with Crippen LogP contribution in [0.5, 0.6) is 0 Å². The van der Waals surface area contributed by atoms with Gasteiger partial charge >= 0.3 is 12.1 Å². The van der Waals surface area contributed by atoms with E-state index in [0.29, 0.717) is 12.8 Å². The molecule has 7 nitrogen and oxygen atoms in total. The van der Waals surface area contributed by atoms with Gasteiger partial charge in [-0.25, -0.2) is 4.79 Å². The molecular formula is C21H30F3N2O5P. The lowest BCUT2D eigenvalue weighted by Gasteiger charge is -2.28. The van der Waals surface area contributed by atoms with Crippen LogP contribution in [0.15, 0.2) is 30.3 Å². The number of halogens is 3.